The maximum absolute atomic E-state index is 6.66. The molecule has 0 radical (unpaired) electrons. The monoisotopic (exact) mass is 372 g/mol. The van der Waals surface area contributed by atoms with Crippen LogP contribution < -0.4 is 11.5 Å². The Morgan fingerprint density at radius 2 is 1.14 bits per heavy atom. The second kappa shape index (κ2) is 7.80. The average molecular weight is 372 g/mol. The minimum atomic E-state index is -0.948. The lowest BCUT2D eigenvalue weighted by atomic mass is 9.91. The van der Waals surface area contributed by atoms with Gasteiger partial charge in [0.15, 0.2) is 0 Å². The van der Waals surface area contributed by atoms with Crippen LogP contribution in [0, 0.1) is 0 Å². The summed E-state index contributed by atoms with van der Waals surface area (Å²) < 4.78 is 0. The van der Waals surface area contributed by atoms with Gasteiger partial charge in [0.25, 0.3) is 0 Å². The van der Waals surface area contributed by atoms with Crippen molar-refractivity contribution < 1.29 is 0 Å². The lowest BCUT2D eigenvalue weighted by molar-refractivity contribution is 0.515. The maximum Gasteiger partial charge on any atom is 0.117 e. The van der Waals surface area contributed by atoms with Crippen LogP contribution in [0.2, 0.25) is 0 Å². The molecule has 0 amide bonds. The van der Waals surface area contributed by atoms with Crippen molar-refractivity contribution in [2.45, 2.75) is 18.4 Å². The number of hydrogen-bond acceptors (Lipinski definition) is 4. The first-order valence-corrected chi connectivity index (χ1v) is 9.34. The van der Waals surface area contributed by atoms with Crippen LogP contribution in [0.5, 0.6) is 0 Å². The SMILES string of the molecule is NCC(N)(c1cc(Cc2ccccc2)[nH]n1)c1cc(Cc2ccccc2)[nH]n1. The molecule has 0 aliphatic carbocycles. The minimum absolute atomic E-state index is 0.207. The molecule has 6 N–H and O–H groups in total. The normalized spacial score (nSPS) is 11.6. The summed E-state index contributed by atoms with van der Waals surface area (Å²) in [7, 11) is 0. The van der Waals surface area contributed by atoms with E-state index in [-0.39, 0.29) is 6.54 Å². The van der Waals surface area contributed by atoms with E-state index in [1.165, 1.54) is 11.1 Å². The Kier molecular flexibility index (Phi) is 5.06. The second-order valence-corrected chi connectivity index (χ2v) is 7.06. The fraction of sp³-hybridized carbons (Fsp3) is 0.182. The van der Waals surface area contributed by atoms with Gasteiger partial charge >= 0.3 is 0 Å². The lowest BCUT2D eigenvalue weighted by Crippen LogP contribution is -2.45. The molecule has 0 saturated carbocycles. The van der Waals surface area contributed by atoms with Gasteiger partial charge in [0.1, 0.15) is 5.54 Å². The number of rotatable bonds is 7. The van der Waals surface area contributed by atoms with Crippen LogP contribution >= 0.6 is 0 Å². The number of aromatic amines is 2. The number of hydrogen-bond donors (Lipinski definition) is 4. The Morgan fingerprint density at radius 3 is 1.54 bits per heavy atom. The Bertz CT molecular complexity index is 940. The van der Waals surface area contributed by atoms with Crippen LogP contribution in [0.1, 0.15) is 33.9 Å². The van der Waals surface area contributed by atoms with Crippen molar-refractivity contribution in [2.75, 3.05) is 6.54 Å². The molecule has 2 aromatic carbocycles. The van der Waals surface area contributed by atoms with Crippen LogP contribution in [0.15, 0.2) is 72.8 Å². The number of nitrogens with two attached hydrogens (primary N) is 2. The fourth-order valence-corrected chi connectivity index (χ4v) is 3.33. The number of nitrogens with one attached hydrogen (secondary N) is 2. The predicted molar refractivity (Wildman–Crippen MR) is 110 cm³/mol. The van der Waals surface area contributed by atoms with Crippen molar-refractivity contribution in [1.82, 2.24) is 20.4 Å². The van der Waals surface area contributed by atoms with Crippen molar-refractivity contribution in [3.8, 4) is 0 Å². The third-order valence-electron chi connectivity index (χ3n) is 4.97. The zero-order chi connectivity index (χ0) is 19.4. The van der Waals surface area contributed by atoms with Gasteiger partial charge in [0, 0.05) is 30.8 Å². The Labute approximate surface area is 164 Å². The molecule has 0 spiro atoms. The third kappa shape index (κ3) is 3.74. The summed E-state index contributed by atoms with van der Waals surface area (Å²) in [4.78, 5) is 0. The van der Waals surface area contributed by atoms with E-state index in [1.807, 2.05) is 48.5 Å². The quantitative estimate of drug-likeness (QED) is 0.399. The van der Waals surface area contributed by atoms with Crippen molar-refractivity contribution in [1.29, 1.82) is 0 Å². The van der Waals surface area contributed by atoms with Gasteiger partial charge in [-0.2, -0.15) is 10.2 Å². The van der Waals surface area contributed by atoms with E-state index in [0.717, 1.165) is 24.2 Å². The highest BCUT2D eigenvalue weighted by atomic mass is 15.2. The first-order valence-electron chi connectivity index (χ1n) is 9.34. The molecule has 0 bridgehead atoms. The highest BCUT2D eigenvalue weighted by Crippen LogP contribution is 2.25. The molecule has 2 aromatic heterocycles. The zero-order valence-corrected chi connectivity index (χ0v) is 15.6. The summed E-state index contributed by atoms with van der Waals surface area (Å²) in [6.45, 7) is 0.207. The summed E-state index contributed by atoms with van der Waals surface area (Å²) in [6, 6.07) is 24.4. The molecule has 4 aromatic rings. The highest BCUT2D eigenvalue weighted by molar-refractivity contribution is 5.34. The van der Waals surface area contributed by atoms with Gasteiger partial charge < -0.3 is 11.5 Å². The molecular weight excluding hydrogens is 348 g/mol. The Hall–Kier alpha value is -3.22. The number of aromatic nitrogens is 4. The predicted octanol–water partition coefficient (Wildman–Crippen LogP) is 2.48. The molecule has 0 atom stereocenters. The van der Waals surface area contributed by atoms with Crippen LogP contribution in [0.3, 0.4) is 0 Å². The largest absolute Gasteiger partial charge is 0.328 e. The second-order valence-electron chi connectivity index (χ2n) is 7.06. The minimum Gasteiger partial charge on any atom is -0.328 e. The molecule has 28 heavy (non-hydrogen) atoms. The average Bonchev–Trinajstić information content (AvgIpc) is 3.39. The van der Waals surface area contributed by atoms with Crippen molar-refractivity contribution in [2.24, 2.45) is 11.5 Å². The van der Waals surface area contributed by atoms with Crippen LogP contribution in [-0.2, 0) is 18.4 Å². The van der Waals surface area contributed by atoms with Crippen LogP contribution in [0.4, 0.5) is 0 Å². The summed E-state index contributed by atoms with van der Waals surface area (Å²) in [5.41, 5.74) is 17.6. The van der Waals surface area contributed by atoms with E-state index >= 15 is 0 Å². The van der Waals surface area contributed by atoms with E-state index in [4.69, 9.17) is 11.5 Å². The molecule has 0 aliphatic rings. The molecule has 0 aliphatic heterocycles. The van der Waals surface area contributed by atoms with Gasteiger partial charge in [-0.05, 0) is 23.3 Å². The lowest BCUT2D eigenvalue weighted by Gasteiger charge is -2.23. The van der Waals surface area contributed by atoms with E-state index in [0.29, 0.717) is 11.4 Å². The molecule has 0 fully saturated rings. The molecule has 0 unspecified atom stereocenters. The van der Waals surface area contributed by atoms with E-state index < -0.39 is 5.54 Å². The summed E-state index contributed by atoms with van der Waals surface area (Å²) in [6.07, 6.45) is 1.52. The van der Waals surface area contributed by atoms with Gasteiger partial charge in [0.2, 0.25) is 0 Å². The standard InChI is InChI=1S/C22H24N6/c23-15-22(24,20-13-18(25-27-20)11-16-7-3-1-4-8-16)21-14-19(26-28-21)12-17-9-5-2-6-10-17/h1-10,13-14H,11-12,15,23-24H2,(H,25,27)(H,26,28). The van der Waals surface area contributed by atoms with Gasteiger partial charge in [-0.15, -0.1) is 0 Å². The van der Waals surface area contributed by atoms with Gasteiger partial charge in [0.05, 0.1) is 11.4 Å². The molecule has 2 heterocycles. The molecule has 6 heteroatoms. The molecule has 4 rings (SSSR count). The Morgan fingerprint density at radius 1 is 0.714 bits per heavy atom. The number of benzene rings is 2. The topological polar surface area (TPSA) is 109 Å². The number of nitrogens with zero attached hydrogens (tertiary/aromatic N) is 2. The first kappa shape index (κ1) is 18.2. The van der Waals surface area contributed by atoms with Crippen molar-refractivity contribution >= 4 is 0 Å². The third-order valence-corrected chi connectivity index (χ3v) is 4.97. The van der Waals surface area contributed by atoms with Gasteiger partial charge in [-0.3, -0.25) is 10.2 Å². The van der Waals surface area contributed by atoms with Crippen LogP contribution in [0.25, 0.3) is 0 Å². The maximum atomic E-state index is 6.66. The first-order chi connectivity index (χ1) is 13.7. The van der Waals surface area contributed by atoms with Crippen LogP contribution in [-0.4, -0.2) is 26.9 Å². The van der Waals surface area contributed by atoms with Crippen molar-refractivity contribution in [3.63, 3.8) is 0 Å². The fourth-order valence-electron chi connectivity index (χ4n) is 3.33. The summed E-state index contributed by atoms with van der Waals surface area (Å²) >= 11 is 0. The highest BCUT2D eigenvalue weighted by Gasteiger charge is 2.33. The van der Waals surface area contributed by atoms with E-state index in [1.54, 1.807) is 0 Å². The smallest absolute Gasteiger partial charge is 0.117 e. The molecule has 0 saturated heterocycles. The molecule has 142 valence electrons. The molecular formula is C22H24N6. The van der Waals surface area contributed by atoms with Gasteiger partial charge in [-0.25, -0.2) is 0 Å². The zero-order valence-electron chi connectivity index (χ0n) is 15.6. The number of H-pyrrole nitrogens is 2. The summed E-state index contributed by atoms with van der Waals surface area (Å²) in [5.74, 6) is 0. The van der Waals surface area contributed by atoms with Gasteiger partial charge in [-0.1, -0.05) is 60.7 Å². The molecule has 6 nitrogen and oxygen atoms in total. The van der Waals surface area contributed by atoms with E-state index in [2.05, 4.69) is 44.7 Å². The Balaban J connectivity index is 1.55. The van der Waals surface area contributed by atoms with E-state index in [9.17, 15) is 0 Å². The summed E-state index contributed by atoms with van der Waals surface area (Å²) in [5, 5.41) is 15.1. The van der Waals surface area contributed by atoms with Crippen molar-refractivity contribution in [3.05, 3.63) is 107 Å².